The number of rotatable bonds is 2. The van der Waals surface area contributed by atoms with Crippen LogP contribution in [0.2, 0.25) is 0 Å². The van der Waals surface area contributed by atoms with Crippen molar-refractivity contribution in [2.24, 2.45) is 17.7 Å². The Morgan fingerprint density at radius 1 is 1.36 bits per heavy atom. The van der Waals surface area contributed by atoms with E-state index in [1.54, 1.807) is 0 Å². The molecule has 2 unspecified atom stereocenters. The van der Waals surface area contributed by atoms with Crippen LogP contribution in [0.1, 0.15) is 39.5 Å². The van der Waals surface area contributed by atoms with Crippen LogP contribution in [0.3, 0.4) is 0 Å². The molecule has 1 saturated carbocycles. The lowest BCUT2D eigenvalue weighted by Crippen LogP contribution is -2.39. The topological polar surface area (TPSA) is 38.0 Å². The summed E-state index contributed by atoms with van der Waals surface area (Å²) in [6.07, 6.45) is 5.28. The standard InChI is InChI=1S/C9H20N2/c1-7(2)8-4-3-5-9(6-8)11-10/h7-9,11H,3-6,10H2,1-2H3. The van der Waals surface area contributed by atoms with Gasteiger partial charge in [0, 0.05) is 6.04 Å². The van der Waals surface area contributed by atoms with E-state index in [4.69, 9.17) is 5.84 Å². The fourth-order valence-electron chi connectivity index (χ4n) is 1.98. The molecule has 1 aliphatic carbocycles. The molecule has 1 fully saturated rings. The second-order valence-electron chi connectivity index (χ2n) is 4.03. The van der Waals surface area contributed by atoms with Crippen molar-refractivity contribution in [2.75, 3.05) is 0 Å². The van der Waals surface area contributed by atoms with Gasteiger partial charge in [0.25, 0.3) is 0 Å². The van der Waals surface area contributed by atoms with Gasteiger partial charge in [-0.05, 0) is 24.7 Å². The van der Waals surface area contributed by atoms with Gasteiger partial charge in [-0.3, -0.25) is 11.3 Å². The Bertz CT molecular complexity index is 112. The highest BCUT2D eigenvalue weighted by Crippen LogP contribution is 2.29. The van der Waals surface area contributed by atoms with Crippen LogP contribution >= 0.6 is 0 Å². The molecule has 0 aliphatic heterocycles. The maximum absolute atomic E-state index is 5.42. The summed E-state index contributed by atoms with van der Waals surface area (Å²) in [7, 11) is 0. The van der Waals surface area contributed by atoms with Crippen molar-refractivity contribution in [3.63, 3.8) is 0 Å². The Kier molecular flexibility index (Phi) is 3.34. The third kappa shape index (κ3) is 2.46. The van der Waals surface area contributed by atoms with Crippen LogP contribution in [0.5, 0.6) is 0 Å². The van der Waals surface area contributed by atoms with Crippen LogP contribution in [0.4, 0.5) is 0 Å². The first-order chi connectivity index (χ1) is 5.24. The number of nitrogens with one attached hydrogen (secondary N) is 1. The van der Waals surface area contributed by atoms with Crippen LogP contribution in [0, 0.1) is 11.8 Å². The summed E-state index contributed by atoms with van der Waals surface area (Å²) in [6.45, 7) is 4.62. The van der Waals surface area contributed by atoms with E-state index < -0.39 is 0 Å². The molecule has 0 heterocycles. The highest BCUT2D eigenvalue weighted by molar-refractivity contribution is 4.77. The van der Waals surface area contributed by atoms with Gasteiger partial charge in [-0.25, -0.2) is 0 Å². The second kappa shape index (κ2) is 4.07. The fourth-order valence-corrected chi connectivity index (χ4v) is 1.98. The third-order valence-electron chi connectivity index (χ3n) is 2.89. The molecule has 2 atom stereocenters. The maximum atomic E-state index is 5.42. The zero-order valence-electron chi connectivity index (χ0n) is 7.64. The first-order valence-electron chi connectivity index (χ1n) is 4.70. The molecular weight excluding hydrogens is 136 g/mol. The second-order valence-corrected chi connectivity index (χ2v) is 4.03. The minimum Gasteiger partial charge on any atom is -0.271 e. The van der Waals surface area contributed by atoms with Gasteiger partial charge >= 0.3 is 0 Å². The van der Waals surface area contributed by atoms with Crippen molar-refractivity contribution in [3.8, 4) is 0 Å². The molecule has 1 aliphatic rings. The lowest BCUT2D eigenvalue weighted by Gasteiger charge is -2.30. The van der Waals surface area contributed by atoms with E-state index in [1.165, 1.54) is 25.7 Å². The number of hydrogen-bond acceptors (Lipinski definition) is 2. The molecule has 0 saturated heterocycles. The summed E-state index contributed by atoms with van der Waals surface area (Å²) < 4.78 is 0. The largest absolute Gasteiger partial charge is 0.271 e. The first kappa shape index (κ1) is 9.01. The van der Waals surface area contributed by atoms with E-state index in [0.717, 1.165) is 11.8 Å². The molecule has 2 nitrogen and oxygen atoms in total. The normalized spacial score (nSPS) is 32.7. The molecule has 0 radical (unpaired) electrons. The molecule has 66 valence electrons. The quantitative estimate of drug-likeness (QED) is 0.471. The van der Waals surface area contributed by atoms with Gasteiger partial charge in [0.15, 0.2) is 0 Å². The summed E-state index contributed by atoms with van der Waals surface area (Å²) in [5, 5.41) is 0. The third-order valence-corrected chi connectivity index (χ3v) is 2.89. The summed E-state index contributed by atoms with van der Waals surface area (Å²) in [6, 6.07) is 0.580. The van der Waals surface area contributed by atoms with Crippen molar-refractivity contribution < 1.29 is 0 Å². The summed E-state index contributed by atoms with van der Waals surface area (Å²) in [4.78, 5) is 0. The Morgan fingerprint density at radius 3 is 2.64 bits per heavy atom. The van der Waals surface area contributed by atoms with Crippen LogP contribution in [0.25, 0.3) is 0 Å². The highest BCUT2D eigenvalue weighted by Gasteiger charge is 2.22. The smallest absolute Gasteiger partial charge is 0.0213 e. The van der Waals surface area contributed by atoms with Crippen molar-refractivity contribution in [1.29, 1.82) is 0 Å². The number of nitrogens with two attached hydrogens (primary N) is 1. The van der Waals surface area contributed by atoms with Gasteiger partial charge in [0.2, 0.25) is 0 Å². The predicted octanol–water partition coefficient (Wildman–Crippen LogP) is 1.66. The van der Waals surface area contributed by atoms with E-state index >= 15 is 0 Å². The van der Waals surface area contributed by atoms with E-state index in [0.29, 0.717) is 6.04 Å². The van der Waals surface area contributed by atoms with Crippen molar-refractivity contribution >= 4 is 0 Å². The zero-order chi connectivity index (χ0) is 8.27. The van der Waals surface area contributed by atoms with Crippen molar-refractivity contribution in [1.82, 2.24) is 5.43 Å². The van der Waals surface area contributed by atoms with E-state index in [9.17, 15) is 0 Å². The summed E-state index contributed by atoms with van der Waals surface area (Å²) in [5.74, 6) is 7.13. The fraction of sp³-hybridized carbons (Fsp3) is 1.00. The summed E-state index contributed by atoms with van der Waals surface area (Å²) >= 11 is 0. The molecule has 0 aromatic rings. The molecule has 0 aromatic carbocycles. The average Bonchev–Trinajstić information content (AvgIpc) is 2.05. The van der Waals surface area contributed by atoms with Crippen LogP contribution in [-0.2, 0) is 0 Å². The molecule has 0 amide bonds. The molecule has 2 heteroatoms. The molecule has 11 heavy (non-hydrogen) atoms. The Labute approximate surface area is 69.5 Å². The Hall–Kier alpha value is -0.0800. The minimum absolute atomic E-state index is 0.580. The van der Waals surface area contributed by atoms with E-state index in [1.807, 2.05) is 0 Å². The molecule has 0 aromatic heterocycles. The average molecular weight is 156 g/mol. The van der Waals surface area contributed by atoms with Gasteiger partial charge in [-0.15, -0.1) is 0 Å². The van der Waals surface area contributed by atoms with E-state index in [2.05, 4.69) is 19.3 Å². The van der Waals surface area contributed by atoms with Gasteiger partial charge in [-0.1, -0.05) is 26.7 Å². The minimum atomic E-state index is 0.580. The molecular formula is C9H20N2. The Morgan fingerprint density at radius 2 is 2.09 bits per heavy atom. The summed E-state index contributed by atoms with van der Waals surface area (Å²) in [5.41, 5.74) is 2.89. The van der Waals surface area contributed by atoms with Crippen LogP contribution < -0.4 is 11.3 Å². The van der Waals surface area contributed by atoms with Crippen LogP contribution in [-0.4, -0.2) is 6.04 Å². The van der Waals surface area contributed by atoms with Gasteiger partial charge in [0.1, 0.15) is 0 Å². The number of hydrazine groups is 1. The van der Waals surface area contributed by atoms with E-state index in [-0.39, 0.29) is 0 Å². The first-order valence-corrected chi connectivity index (χ1v) is 4.70. The highest BCUT2D eigenvalue weighted by atomic mass is 15.2. The van der Waals surface area contributed by atoms with Crippen molar-refractivity contribution in [3.05, 3.63) is 0 Å². The van der Waals surface area contributed by atoms with Gasteiger partial charge in [0.05, 0.1) is 0 Å². The van der Waals surface area contributed by atoms with Gasteiger partial charge < -0.3 is 0 Å². The molecule has 0 bridgehead atoms. The van der Waals surface area contributed by atoms with Crippen LogP contribution in [0.15, 0.2) is 0 Å². The molecule has 3 N–H and O–H groups in total. The van der Waals surface area contributed by atoms with Gasteiger partial charge in [-0.2, -0.15) is 0 Å². The molecule has 1 rings (SSSR count). The lowest BCUT2D eigenvalue weighted by atomic mass is 9.79. The lowest BCUT2D eigenvalue weighted by molar-refractivity contribution is 0.233. The molecule has 0 spiro atoms. The monoisotopic (exact) mass is 156 g/mol. The van der Waals surface area contributed by atoms with Crippen molar-refractivity contribution in [2.45, 2.75) is 45.6 Å². The zero-order valence-corrected chi connectivity index (χ0v) is 7.64. The maximum Gasteiger partial charge on any atom is 0.0213 e. The number of hydrogen-bond donors (Lipinski definition) is 2. The SMILES string of the molecule is CC(C)C1CCCC(NN)C1. The Balaban J connectivity index is 2.33. The predicted molar refractivity (Wildman–Crippen MR) is 47.9 cm³/mol.